The van der Waals surface area contributed by atoms with Crippen LogP contribution < -0.4 is 18.9 Å². The van der Waals surface area contributed by atoms with Crippen molar-refractivity contribution in [3.05, 3.63) is 40.5 Å². The van der Waals surface area contributed by atoms with Crippen molar-refractivity contribution in [1.29, 1.82) is 0 Å². The fraction of sp³-hybridized carbons (Fsp3) is 0.222. The molecule has 1 aliphatic carbocycles. The highest BCUT2D eigenvalue weighted by atomic mass is 16.5. The number of phenolic OH excluding ortho intramolecular Hbond substituents is 1. The number of hydrogen-bond acceptors (Lipinski definition) is 7. The van der Waals surface area contributed by atoms with E-state index in [0.29, 0.717) is 0 Å². The van der Waals surface area contributed by atoms with Crippen molar-refractivity contribution in [2.45, 2.75) is 0 Å². The Balaban J connectivity index is 2.41. The number of benzene rings is 2. The molecule has 0 bridgehead atoms. The monoisotopic (exact) mass is 344 g/mol. The zero-order valence-corrected chi connectivity index (χ0v) is 14.1. The van der Waals surface area contributed by atoms with Gasteiger partial charge in [-0.3, -0.25) is 9.59 Å². The lowest BCUT2D eigenvalue weighted by Gasteiger charge is -2.24. The van der Waals surface area contributed by atoms with Crippen LogP contribution in [0, 0.1) is 0 Å². The Morgan fingerprint density at radius 3 is 1.96 bits per heavy atom. The zero-order chi connectivity index (χ0) is 18.3. The maximum absolute atomic E-state index is 13.1. The third-order valence-electron chi connectivity index (χ3n) is 4.11. The van der Waals surface area contributed by atoms with Crippen molar-refractivity contribution in [2.75, 3.05) is 28.4 Å². The lowest BCUT2D eigenvalue weighted by atomic mass is 9.82. The number of rotatable bonds is 4. The van der Waals surface area contributed by atoms with Crippen molar-refractivity contribution in [1.82, 2.24) is 0 Å². The van der Waals surface area contributed by atoms with Crippen LogP contribution in [0.2, 0.25) is 0 Å². The highest BCUT2D eigenvalue weighted by molar-refractivity contribution is 6.31. The van der Waals surface area contributed by atoms with Gasteiger partial charge in [0.25, 0.3) is 0 Å². The third-order valence-corrected chi connectivity index (χ3v) is 4.11. The summed E-state index contributed by atoms with van der Waals surface area (Å²) in [7, 11) is 5.57. The van der Waals surface area contributed by atoms with E-state index >= 15 is 0 Å². The second-order valence-corrected chi connectivity index (χ2v) is 5.29. The van der Waals surface area contributed by atoms with Gasteiger partial charge in [-0.15, -0.1) is 0 Å². The van der Waals surface area contributed by atoms with Gasteiger partial charge in [0.15, 0.2) is 17.3 Å². The largest absolute Gasteiger partial charge is 0.507 e. The van der Waals surface area contributed by atoms with Gasteiger partial charge in [-0.25, -0.2) is 0 Å². The van der Waals surface area contributed by atoms with E-state index in [-0.39, 0.29) is 51.0 Å². The minimum absolute atomic E-state index is 0.0260. The summed E-state index contributed by atoms with van der Waals surface area (Å²) in [4.78, 5) is 26.1. The highest BCUT2D eigenvalue weighted by Gasteiger charge is 2.39. The molecule has 0 aromatic heterocycles. The van der Waals surface area contributed by atoms with Crippen molar-refractivity contribution in [2.24, 2.45) is 0 Å². The Bertz CT molecular complexity index is 899. The summed E-state index contributed by atoms with van der Waals surface area (Å²) in [5.74, 6) is -0.563. The van der Waals surface area contributed by atoms with Gasteiger partial charge in [0.2, 0.25) is 5.78 Å². The van der Waals surface area contributed by atoms with Crippen LogP contribution in [-0.4, -0.2) is 45.1 Å². The summed E-state index contributed by atoms with van der Waals surface area (Å²) in [5.41, 5.74) is -0.00579. The Morgan fingerprint density at radius 2 is 1.40 bits per heavy atom. The van der Waals surface area contributed by atoms with E-state index in [1.165, 1.54) is 46.6 Å². The average Bonchev–Trinajstić information content (AvgIpc) is 2.63. The molecule has 25 heavy (non-hydrogen) atoms. The smallest absolute Gasteiger partial charge is 0.202 e. The van der Waals surface area contributed by atoms with Crippen LogP contribution in [0.25, 0.3) is 0 Å². The second-order valence-electron chi connectivity index (χ2n) is 5.29. The summed E-state index contributed by atoms with van der Waals surface area (Å²) < 4.78 is 20.9. The minimum Gasteiger partial charge on any atom is -0.507 e. The van der Waals surface area contributed by atoms with Gasteiger partial charge in [0.05, 0.1) is 45.1 Å². The molecule has 0 saturated heterocycles. The van der Waals surface area contributed by atoms with E-state index in [4.69, 9.17) is 18.9 Å². The molecule has 0 saturated carbocycles. The van der Waals surface area contributed by atoms with E-state index in [2.05, 4.69) is 0 Å². The standard InChI is InChI=1S/C18H16O7/c1-22-8-5-9-13(10(19)6-8)17(21)14-11(23-2)7-12(24-3)18(25-4)15(14)16(9)20/h5-7,19H,1-4H3. The summed E-state index contributed by atoms with van der Waals surface area (Å²) in [6.45, 7) is 0. The number of ether oxygens (including phenoxy) is 4. The van der Waals surface area contributed by atoms with E-state index < -0.39 is 11.6 Å². The van der Waals surface area contributed by atoms with Crippen LogP contribution >= 0.6 is 0 Å². The van der Waals surface area contributed by atoms with Crippen molar-refractivity contribution in [3.63, 3.8) is 0 Å². The summed E-state index contributed by atoms with van der Waals surface area (Å²) >= 11 is 0. The lowest BCUT2D eigenvalue weighted by Crippen LogP contribution is -2.23. The number of phenols is 1. The molecule has 0 spiro atoms. The minimum atomic E-state index is -0.539. The van der Waals surface area contributed by atoms with Crippen LogP contribution in [0.4, 0.5) is 0 Å². The molecule has 1 aliphatic rings. The van der Waals surface area contributed by atoms with Crippen LogP contribution in [-0.2, 0) is 0 Å². The number of hydrogen-bond donors (Lipinski definition) is 1. The zero-order valence-electron chi connectivity index (χ0n) is 14.1. The first kappa shape index (κ1) is 16.6. The Hall–Kier alpha value is -3.22. The Kier molecular flexibility index (Phi) is 4.00. The molecular weight excluding hydrogens is 328 g/mol. The molecule has 0 heterocycles. The third kappa shape index (κ3) is 2.27. The molecule has 1 N–H and O–H groups in total. The fourth-order valence-corrected chi connectivity index (χ4v) is 2.97. The molecule has 2 aromatic rings. The highest BCUT2D eigenvalue weighted by Crippen LogP contribution is 2.46. The van der Waals surface area contributed by atoms with E-state index in [1.807, 2.05) is 0 Å². The van der Waals surface area contributed by atoms with Gasteiger partial charge in [0, 0.05) is 17.7 Å². The molecule has 0 atom stereocenters. The fourth-order valence-electron chi connectivity index (χ4n) is 2.97. The maximum Gasteiger partial charge on any atom is 0.202 e. The van der Waals surface area contributed by atoms with Crippen LogP contribution in [0.5, 0.6) is 28.7 Å². The summed E-state index contributed by atoms with van der Waals surface area (Å²) in [5, 5.41) is 10.2. The van der Waals surface area contributed by atoms with Crippen molar-refractivity contribution >= 4 is 11.6 Å². The Labute approximate surface area is 143 Å². The SMILES string of the molecule is COc1cc(O)c2c(c1)C(=O)c1c(OC)c(OC)cc(OC)c1C2=O. The molecule has 7 heteroatoms. The number of carbonyl (C=O) groups is 2. The number of methoxy groups -OCH3 is 4. The number of carbonyl (C=O) groups excluding carboxylic acids is 2. The van der Waals surface area contributed by atoms with Gasteiger partial charge in [-0.05, 0) is 6.07 Å². The number of ketones is 2. The van der Waals surface area contributed by atoms with E-state index in [0.717, 1.165) is 0 Å². The topological polar surface area (TPSA) is 91.3 Å². The normalized spacial score (nSPS) is 12.3. The van der Waals surface area contributed by atoms with Crippen LogP contribution in [0.3, 0.4) is 0 Å². The molecule has 0 amide bonds. The quantitative estimate of drug-likeness (QED) is 0.776. The first-order valence-corrected chi connectivity index (χ1v) is 7.31. The molecule has 2 aromatic carbocycles. The van der Waals surface area contributed by atoms with Gasteiger partial charge in [-0.2, -0.15) is 0 Å². The first-order valence-electron chi connectivity index (χ1n) is 7.31. The van der Waals surface area contributed by atoms with Gasteiger partial charge in [0.1, 0.15) is 17.2 Å². The predicted molar refractivity (Wildman–Crippen MR) is 87.6 cm³/mol. The van der Waals surface area contributed by atoms with Gasteiger partial charge < -0.3 is 24.1 Å². The molecular formula is C18H16O7. The molecule has 7 nitrogen and oxygen atoms in total. The van der Waals surface area contributed by atoms with Crippen LogP contribution in [0.1, 0.15) is 31.8 Å². The first-order chi connectivity index (χ1) is 12.0. The molecule has 0 fully saturated rings. The second kappa shape index (κ2) is 6.01. The lowest BCUT2D eigenvalue weighted by molar-refractivity contribution is 0.0970. The van der Waals surface area contributed by atoms with Crippen LogP contribution in [0.15, 0.2) is 18.2 Å². The average molecular weight is 344 g/mol. The number of fused-ring (bicyclic) bond motifs is 2. The molecule has 0 unspecified atom stereocenters. The summed E-state index contributed by atoms with van der Waals surface area (Å²) in [6.07, 6.45) is 0. The Morgan fingerprint density at radius 1 is 0.720 bits per heavy atom. The van der Waals surface area contributed by atoms with Gasteiger partial charge in [-0.1, -0.05) is 0 Å². The van der Waals surface area contributed by atoms with E-state index in [1.54, 1.807) is 0 Å². The van der Waals surface area contributed by atoms with Gasteiger partial charge >= 0.3 is 0 Å². The van der Waals surface area contributed by atoms with E-state index in [9.17, 15) is 14.7 Å². The van der Waals surface area contributed by atoms with Crippen molar-refractivity contribution in [3.8, 4) is 28.7 Å². The molecule has 0 aliphatic heterocycles. The summed E-state index contributed by atoms with van der Waals surface area (Å²) in [6, 6.07) is 4.15. The molecule has 3 rings (SSSR count). The molecule has 130 valence electrons. The predicted octanol–water partition coefficient (Wildman–Crippen LogP) is 2.20. The maximum atomic E-state index is 13.1. The van der Waals surface area contributed by atoms with Crippen molar-refractivity contribution < 1.29 is 33.6 Å². The number of aromatic hydroxyl groups is 1. The molecule has 0 radical (unpaired) electrons.